The molecule has 0 radical (unpaired) electrons. The Bertz CT molecular complexity index is 1340. The second-order valence-electron chi connectivity index (χ2n) is 9.43. The number of Topliss-reactive ketones (excluding diaryl/α,β-unsaturated/α-hetero) is 1. The number of esters is 1. The lowest BCUT2D eigenvalue weighted by molar-refractivity contribution is 0.0580. The molecule has 9 heteroatoms. The number of nitrogens with zero attached hydrogens (tertiary/aromatic N) is 5. The summed E-state index contributed by atoms with van der Waals surface area (Å²) in [6, 6.07) is 14.3. The molecule has 186 valence electrons. The van der Waals surface area contributed by atoms with Crippen molar-refractivity contribution in [3.8, 4) is 6.07 Å². The molecule has 2 aromatic heterocycles. The topological polar surface area (TPSA) is 103 Å². The van der Waals surface area contributed by atoms with Crippen molar-refractivity contribution in [2.24, 2.45) is 0 Å². The van der Waals surface area contributed by atoms with Gasteiger partial charge < -0.3 is 24.4 Å². The molecule has 1 saturated carbocycles. The van der Waals surface area contributed by atoms with Crippen LogP contribution in [-0.2, 0) is 4.74 Å². The predicted molar refractivity (Wildman–Crippen MR) is 138 cm³/mol. The van der Waals surface area contributed by atoms with Gasteiger partial charge in [-0.15, -0.1) is 0 Å². The second kappa shape index (κ2) is 9.63. The highest BCUT2D eigenvalue weighted by molar-refractivity contribution is 6.00. The zero-order valence-corrected chi connectivity index (χ0v) is 20.8. The molecule has 2 aliphatic rings. The molecular formula is C27H30N6O3. The van der Waals surface area contributed by atoms with E-state index in [4.69, 9.17) is 9.72 Å². The summed E-state index contributed by atoms with van der Waals surface area (Å²) in [5.74, 6) is 0.387. The van der Waals surface area contributed by atoms with Crippen LogP contribution in [0.4, 0.5) is 11.5 Å². The molecule has 3 aromatic rings. The zero-order chi connectivity index (χ0) is 25.4. The Balaban J connectivity index is 1.42. The highest BCUT2D eigenvalue weighted by Gasteiger charge is 2.36. The maximum Gasteiger partial charge on any atom is 0.356 e. The molecule has 1 saturated heterocycles. The average Bonchev–Trinajstić information content (AvgIpc) is 3.21. The fourth-order valence-electron chi connectivity index (χ4n) is 5.25. The molecule has 0 spiro atoms. The van der Waals surface area contributed by atoms with Gasteiger partial charge in [-0.25, -0.2) is 9.78 Å². The number of ketones is 1. The Kier molecular flexibility index (Phi) is 6.37. The highest BCUT2D eigenvalue weighted by atomic mass is 16.5. The molecule has 36 heavy (non-hydrogen) atoms. The van der Waals surface area contributed by atoms with E-state index >= 15 is 0 Å². The number of hydrogen-bond donors (Lipinski definition) is 1. The highest BCUT2D eigenvalue weighted by Crippen LogP contribution is 2.39. The summed E-state index contributed by atoms with van der Waals surface area (Å²) < 4.78 is 6.97. The number of pyridine rings is 1. The van der Waals surface area contributed by atoms with Gasteiger partial charge in [0.25, 0.3) is 0 Å². The number of nitriles is 1. The summed E-state index contributed by atoms with van der Waals surface area (Å²) in [5.41, 5.74) is 3.09. The fraction of sp³-hybridized carbons (Fsp3) is 0.407. The lowest BCUT2D eigenvalue weighted by atomic mass is 9.86. The maximum atomic E-state index is 12.7. The smallest absolute Gasteiger partial charge is 0.356 e. The van der Waals surface area contributed by atoms with Crippen molar-refractivity contribution in [3.63, 3.8) is 0 Å². The third kappa shape index (κ3) is 4.07. The normalized spacial score (nSPS) is 19.6. The number of benzene rings is 1. The number of piperazine rings is 1. The van der Waals surface area contributed by atoms with Crippen molar-refractivity contribution in [3.05, 3.63) is 53.2 Å². The minimum absolute atomic E-state index is 0.0656. The van der Waals surface area contributed by atoms with Crippen molar-refractivity contribution >= 4 is 34.3 Å². The minimum atomic E-state index is -0.511. The Morgan fingerprint density at radius 1 is 1.06 bits per heavy atom. The molecule has 0 unspecified atom stereocenters. The van der Waals surface area contributed by atoms with Crippen molar-refractivity contribution < 1.29 is 14.3 Å². The van der Waals surface area contributed by atoms with E-state index in [1.807, 2.05) is 48.0 Å². The van der Waals surface area contributed by atoms with Crippen LogP contribution in [0, 0.1) is 11.3 Å². The quantitative estimate of drug-likeness (QED) is 0.419. The van der Waals surface area contributed by atoms with Crippen LogP contribution in [0.15, 0.2) is 36.4 Å². The van der Waals surface area contributed by atoms with Gasteiger partial charge in [-0.1, -0.05) is 0 Å². The van der Waals surface area contributed by atoms with Crippen LogP contribution >= 0.6 is 0 Å². The maximum absolute atomic E-state index is 12.7. The van der Waals surface area contributed by atoms with Gasteiger partial charge in [0.2, 0.25) is 0 Å². The van der Waals surface area contributed by atoms with Gasteiger partial charge in [0.05, 0.1) is 12.7 Å². The summed E-state index contributed by atoms with van der Waals surface area (Å²) in [4.78, 5) is 33.8. The van der Waals surface area contributed by atoms with Crippen LogP contribution in [0.2, 0.25) is 0 Å². The number of ether oxygens (including phenoxy) is 1. The lowest BCUT2D eigenvalue weighted by Crippen LogP contribution is -2.46. The van der Waals surface area contributed by atoms with E-state index in [2.05, 4.69) is 21.2 Å². The number of nitrogens with one attached hydrogen (secondary N) is 1. The predicted octanol–water partition coefficient (Wildman–Crippen LogP) is 3.15. The molecule has 1 N–H and O–H groups in total. The number of aromatic nitrogens is 2. The van der Waals surface area contributed by atoms with Gasteiger partial charge in [0, 0.05) is 54.9 Å². The molecule has 0 amide bonds. The Hall–Kier alpha value is -3.90. The van der Waals surface area contributed by atoms with Crippen LogP contribution in [-0.4, -0.2) is 67.7 Å². The second-order valence-corrected chi connectivity index (χ2v) is 9.43. The molecule has 5 rings (SSSR count). The molecule has 9 nitrogen and oxygen atoms in total. The number of carbonyl (C=O) groups is 2. The summed E-state index contributed by atoms with van der Waals surface area (Å²) in [5, 5.41) is 13.9. The van der Waals surface area contributed by atoms with Gasteiger partial charge in [-0.3, -0.25) is 4.79 Å². The largest absolute Gasteiger partial charge is 0.464 e. The van der Waals surface area contributed by atoms with Crippen LogP contribution in [0.3, 0.4) is 0 Å². The first-order valence-electron chi connectivity index (χ1n) is 12.3. The Labute approximate surface area is 210 Å². The van der Waals surface area contributed by atoms with Crippen molar-refractivity contribution in [1.82, 2.24) is 14.9 Å². The first kappa shape index (κ1) is 23.8. The lowest BCUT2D eigenvalue weighted by Gasteiger charge is -2.38. The molecule has 1 aromatic carbocycles. The van der Waals surface area contributed by atoms with E-state index in [9.17, 15) is 14.9 Å². The standard InChI is InChI=1S/C27H30N6O3/c1-17(34)18-4-6-20(7-5-18)31-10-12-32(13-11-31)24-9-8-22-23(16-28)25(27(35)36-3)33(26(22)30-24)21-14-19(15-21)29-2/h4-9,19,21,29H,10-15H2,1-3H3/t19-,21-. The first-order chi connectivity index (χ1) is 17.4. The third-order valence-electron chi connectivity index (χ3n) is 7.46. The Morgan fingerprint density at radius 3 is 2.31 bits per heavy atom. The van der Waals surface area contributed by atoms with Crippen LogP contribution in [0.5, 0.6) is 0 Å². The average molecular weight is 487 g/mol. The summed E-state index contributed by atoms with van der Waals surface area (Å²) in [7, 11) is 3.28. The van der Waals surface area contributed by atoms with E-state index in [1.165, 1.54) is 7.11 Å². The molecule has 3 heterocycles. The summed E-state index contributed by atoms with van der Waals surface area (Å²) >= 11 is 0. The minimum Gasteiger partial charge on any atom is -0.464 e. The van der Waals surface area contributed by atoms with Gasteiger partial charge in [0.1, 0.15) is 23.2 Å². The van der Waals surface area contributed by atoms with Gasteiger partial charge in [-0.2, -0.15) is 5.26 Å². The molecule has 2 fully saturated rings. The van der Waals surface area contributed by atoms with E-state index in [0.29, 0.717) is 28.2 Å². The van der Waals surface area contributed by atoms with E-state index in [-0.39, 0.29) is 17.5 Å². The molecular weight excluding hydrogens is 456 g/mol. The number of hydrogen-bond acceptors (Lipinski definition) is 8. The summed E-state index contributed by atoms with van der Waals surface area (Å²) in [6.07, 6.45) is 1.73. The van der Waals surface area contributed by atoms with Crippen molar-refractivity contribution in [2.45, 2.75) is 31.8 Å². The number of carbonyl (C=O) groups excluding carboxylic acids is 2. The Morgan fingerprint density at radius 2 is 1.72 bits per heavy atom. The van der Waals surface area contributed by atoms with Gasteiger partial charge in [-0.05, 0) is 63.2 Å². The van der Waals surface area contributed by atoms with Crippen LogP contribution in [0.25, 0.3) is 11.0 Å². The molecule has 1 aliphatic heterocycles. The number of fused-ring (bicyclic) bond motifs is 1. The molecule has 0 bridgehead atoms. The third-order valence-corrected chi connectivity index (χ3v) is 7.46. The van der Waals surface area contributed by atoms with E-state index in [1.54, 1.807) is 6.92 Å². The first-order valence-corrected chi connectivity index (χ1v) is 12.3. The number of methoxy groups -OCH3 is 1. The van der Waals surface area contributed by atoms with Crippen LogP contribution in [0.1, 0.15) is 52.2 Å². The fourth-order valence-corrected chi connectivity index (χ4v) is 5.25. The van der Waals surface area contributed by atoms with E-state index in [0.717, 1.165) is 50.5 Å². The van der Waals surface area contributed by atoms with Crippen molar-refractivity contribution in [2.75, 3.05) is 50.1 Å². The van der Waals surface area contributed by atoms with Gasteiger partial charge in [0.15, 0.2) is 5.78 Å². The monoisotopic (exact) mass is 486 g/mol. The number of rotatable bonds is 6. The van der Waals surface area contributed by atoms with Crippen LogP contribution < -0.4 is 15.1 Å². The molecule has 0 atom stereocenters. The van der Waals surface area contributed by atoms with Crippen molar-refractivity contribution in [1.29, 1.82) is 5.26 Å². The van der Waals surface area contributed by atoms with E-state index < -0.39 is 5.97 Å². The van der Waals surface area contributed by atoms with Gasteiger partial charge >= 0.3 is 5.97 Å². The molecule has 1 aliphatic carbocycles. The number of anilines is 2. The summed E-state index contributed by atoms with van der Waals surface area (Å²) in [6.45, 7) is 4.79. The SMILES string of the molecule is CN[C@H]1C[C@H](n2c(C(=O)OC)c(C#N)c3ccc(N4CCN(c5ccc(C(C)=O)cc5)CC4)nc32)C1. The zero-order valence-electron chi connectivity index (χ0n) is 20.8.